The van der Waals surface area contributed by atoms with Crippen LogP contribution in [-0.4, -0.2) is 27.8 Å². The molecule has 4 nitrogen and oxygen atoms in total. The van der Waals surface area contributed by atoms with Crippen LogP contribution in [0.4, 0.5) is 0 Å². The molecule has 0 heterocycles. The van der Waals surface area contributed by atoms with E-state index < -0.39 is 9.84 Å². The summed E-state index contributed by atoms with van der Waals surface area (Å²) < 4.78 is 29.0. The van der Waals surface area contributed by atoms with Gasteiger partial charge in [-0.1, -0.05) is 12.5 Å². The van der Waals surface area contributed by atoms with Crippen molar-refractivity contribution in [2.45, 2.75) is 24.2 Å². The van der Waals surface area contributed by atoms with Crippen molar-refractivity contribution in [2.75, 3.05) is 19.4 Å². The third-order valence-electron chi connectivity index (χ3n) is 2.52. The van der Waals surface area contributed by atoms with Crippen LogP contribution >= 0.6 is 0 Å². The summed E-state index contributed by atoms with van der Waals surface area (Å²) in [6.45, 7) is 0.610. The number of benzene rings is 1. The predicted octanol–water partition coefficient (Wildman–Crippen LogP) is 1.60. The smallest absolute Gasteiger partial charge is 0.178 e. The lowest BCUT2D eigenvalue weighted by Crippen LogP contribution is -2.08. The van der Waals surface area contributed by atoms with Gasteiger partial charge >= 0.3 is 0 Å². The SMILES string of the molecule is COc1cccc(S(=O)(=O)CCCCCN)c1. The first-order chi connectivity index (χ1) is 8.10. The number of sulfone groups is 1. The van der Waals surface area contributed by atoms with Crippen molar-refractivity contribution < 1.29 is 13.2 Å². The average molecular weight is 257 g/mol. The van der Waals surface area contributed by atoms with Crippen molar-refractivity contribution >= 4 is 9.84 Å². The number of ether oxygens (including phenoxy) is 1. The van der Waals surface area contributed by atoms with Gasteiger partial charge in [-0.3, -0.25) is 0 Å². The summed E-state index contributed by atoms with van der Waals surface area (Å²) in [5.41, 5.74) is 5.36. The Bertz CT molecular complexity index is 443. The second kappa shape index (κ2) is 6.61. The predicted molar refractivity (Wildman–Crippen MR) is 68.0 cm³/mol. The van der Waals surface area contributed by atoms with Gasteiger partial charge in [0.25, 0.3) is 0 Å². The van der Waals surface area contributed by atoms with Crippen molar-refractivity contribution in [3.8, 4) is 5.75 Å². The molecule has 1 aromatic carbocycles. The summed E-state index contributed by atoms with van der Waals surface area (Å²) in [5.74, 6) is 0.730. The Morgan fingerprint density at radius 1 is 1.24 bits per heavy atom. The van der Waals surface area contributed by atoms with Gasteiger partial charge in [0.1, 0.15) is 5.75 Å². The second-order valence-corrected chi connectivity index (χ2v) is 5.96. The molecule has 2 N–H and O–H groups in total. The van der Waals surface area contributed by atoms with E-state index in [2.05, 4.69) is 0 Å². The normalized spacial score (nSPS) is 11.4. The number of nitrogens with two attached hydrogens (primary N) is 1. The summed E-state index contributed by atoms with van der Waals surface area (Å²) in [6.07, 6.45) is 2.37. The molecule has 0 aromatic heterocycles. The topological polar surface area (TPSA) is 69.4 Å². The van der Waals surface area contributed by atoms with E-state index in [1.54, 1.807) is 24.3 Å². The molecule has 1 rings (SSSR count). The molecule has 0 spiro atoms. The third kappa shape index (κ3) is 4.36. The highest BCUT2D eigenvalue weighted by Crippen LogP contribution is 2.19. The Hall–Kier alpha value is -1.07. The molecule has 96 valence electrons. The molecule has 0 bridgehead atoms. The van der Waals surface area contributed by atoms with Crippen molar-refractivity contribution in [2.24, 2.45) is 5.73 Å². The fraction of sp³-hybridized carbons (Fsp3) is 0.500. The molecule has 0 unspecified atom stereocenters. The van der Waals surface area contributed by atoms with Gasteiger partial charge in [-0.25, -0.2) is 8.42 Å². The monoisotopic (exact) mass is 257 g/mol. The maximum Gasteiger partial charge on any atom is 0.178 e. The lowest BCUT2D eigenvalue weighted by Gasteiger charge is -2.06. The molecule has 0 atom stereocenters. The molecule has 1 aromatic rings. The van der Waals surface area contributed by atoms with Crippen LogP contribution in [0.25, 0.3) is 0 Å². The number of unbranched alkanes of at least 4 members (excludes halogenated alkanes) is 2. The van der Waals surface area contributed by atoms with Gasteiger partial charge in [-0.05, 0) is 37.6 Å². The van der Waals surface area contributed by atoms with E-state index in [0.717, 1.165) is 12.8 Å². The molecule has 0 amide bonds. The first-order valence-corrected chi connectivity index (χ1v) is 7.32. The van der Waals surface area contributed by atoms with Gasteiger partial charge < -0.3 is 10.5 Å². The summed E-state index contributed by atoms with van der Waals surface area (Å²) in [7, 11) is -1.67. The zero-order valence-electron chi connectivity index (χ0n) is 10.1. The van der Waals surface area contributed by atoms with Crippen molar-refractivity contribution in [1.29, 1.82) is 0 Å². The highest BCUT2D eigenvalue weighted by molar-refractivity contribution is 7.91. The van der Waals surface area contributed by atoms with E-state index in [1.165, 1.54) is 7.11 Å². The van der Waals surface area contributed by atoms with E-state index >= 15 is 0 Å². The molecule has 0 fully saturated rings. The van der Waals surface area contributed by atoms with E-state index in [1.807, 2.05) is 0 Å². The molecular formula is C12H19NO3S. The van der Waals surface area contributed by atoms with Crippen LogP contribution in [0.2, 0.25) is 0 Å². The lowest BCUT2D eigenvalue weighted by atomic mass is 10.2. The van der Waals surface area contributed by atoms with Gasteiger partial charge in [0.15, 0.2) is 9.84 Å². The zero-order valence-corrected chi connectivity index (χ0v) is 10.9. The van der Waals surface area contributed by atoms with Crippen LogP contribution in [0.3, 0.4) is 0 Å². The van der Waals surface area contributed by atoms with Gasteiger partial charge in [-0.2, -0.15) is 0 Å². The fourth-order valence-corrected chi connectivity index (χ4v) is 2.93. The van der Waals surface area contributed by atoms with E-state index in [0.29, 0.717) is 23.6 Å². The molecule has 5 heteroatoms. The van der Waals surface area contributed by atoms with Crippen LogP contribution in [0, 0.1) is 0 Å². The first-order valence-electron chi connectivity index (χ1n) is 5.67. The lowest BCUT2D eigenvalue weighted by molar-refractivity contribution is 0.413. The van der Waals surface area contributed by atoms with Crippen LogP contribution in [0.5, 0.6) is 5.75 Å². The molecule has 0 saturated carbocycles. The number of rotatable bonds is 7. The Labute approximate surface area is 103 Å². The minimum atomic E-state index is -3.19. The Morgan fingerprint density at radius 2 is 2.00 bits per heavy atom. The molecule has 17 heavy (non-hydrogen) atoms. The highest BCUT2D eigenvalue weighted by atomic mass is 32.2. The second-order valence-electron chi connectivity index (χ2n) is 3.85. The highest BCUT2D eigenvalue weighted by Gasteiger charge is 2.14. The molecule has 0 aliphatic carbocycles. The maximum atomic E-state index is 12.0. The zero-order chi connectivity index (χ0) is 12.7. The number of hydrogen-bond donors (Lipinski definition) is 1. The largest absolute Gasteiger partial charge is 0.497 e. The summed E-state index contributed by atoms with van der Waals surface area (Å²) >= 11 is 0. The maximum absolute atomic E-state index is 12.0. The van der Waals surface area contributed by atoms with Gasteiger partial charge in [0.2, 0.25) is 0 Å². The average Bonchev–Trinajstić information content (AvgIpc) is 2.35. The molecule has 0 saturated heterocycles. The summed E-state index contributed by atoms with van der Waals surface area (Å²) in [6, 6.07) is 6.57. The Balaban J connectivity index is 2.68. The van der Waals surface area contributed by atoms with Gasteiger partial charge in [-0.15, -0.1) is 0 Å². The number of hydrogen-bond acceptors (Lipinski definition) is 4. The van der Waals surface area contributed by atoms with Crippen molar-refractivity contribution in [3.05, 3.63) is 24.3 Å². The van der Waals surface area contributed by atoms with Gasteiger partial charge in [0, 0.05) is 0 Å². The van der Waals surface area contributed by atoms with E-state index in [-0.39, 0.29) is 5.75 Å². The third-order valence-corrected chi connectivity index (χ3v) is 4.32. The molecular weight excluding hydrogens is 238 g/mol. The van der Waals surface area contributed by atoms with E-state index in [4.69, 9.17) is 10.5 Å². The number of methoxy groups -OCH3 is 1. The minimum Gasteiger partial charge on any atom is -0.497 e. The molecule has 0 radical (unpaired) electrons. The van der Waals surface area contributed by atoms with Crippen molar-refractivity contribution in [1.82, 2.24) is 0 Å². The van der Waals surface area contributed by atoms with Crippen LogP contribution in [0.15, 0.2) is 29.2 Å². The standard InChI is InChI=1S/C12H19NO3S/c1-16-11-6-5-7-12(10-11)17(14,15)9-4-2-3-8-13/h5-7,10H,2-4,8-9,13H2,1H3. The van der Waals surface area contributed by atoms with Crippen LogP contribution in [-0.2, 0) is 9.84 Å². The fourth-order valence-electron chi connectivity index (χ4n) is 1.53. The summed E-state index contributed by atoms with van der Waals surface area (Å²) in [5, 5.41) is 0. The minimum absolute atomic E-state index is 0.167. The van der Waals surface area contributed by atoms with E-state index in [9.17, 15) is 8.42 Å². The van der Waals surface area contributed by atoms with Crippen molar-refractivity contribution in [3.63, 3.8) is 0 Å². The first kappa shape index (κ1) is 14.0. The van der Waals surface area contributed by atoms with Crippen LogP contribution < -0.4 is 10.5 Å². The van der Waals surface area contributed by atoms with Gasteiger partial charge in [0.05, 0.1) is 17.8 Å². The Morgan fingerprint density at radius 3 is 2.65 bits per heavy atom. The Kier molecular flexibility index (Phi) is 5.44. The summed E-state index contributed by atoms with van der Waals surface area (Å²) in [4.78, 5) is 0.324. The molecule has 0 aliphatic rings. The quantitative estimate of drug-likeness (QED) is 0.753. The molecule has 0 aliphatic heterocycles. The van der Waals surface area contributed by atoms with Crippen LogP contribution in [0.1, 0.15) is 19.3 Å².